The van der Waals surface area contributed by atoms with Crippen LogP contribution >= 0.6 is 0 Å². The molecule has 158 valence electrons. The van der Waals surface area contributed by atoms with E-state index in [0.29, 0.717) is 38.1 Å². The summed E-state index contributed by atoms with van der Waals surface area (Å²) in [4.78, 5) is 29.4. The van der Waals surface area contributed by atoms with Gasteiger partial charge in [-0.2, -0.15) is 0 Å². The molecule has 0 spiro atoms. The van der Waals surface area contributed by atoms with Crippen molar-refractivity contribution < 1.29 is 19.1 Å². The SMILES string of the molecule is COc1ccccc1CCC(=O)N1CCOc2ccc(C(=O)N3CCCC3)cc2C1. The number of carbonyl (C=O) groups excluding carboxylic acids is 2. The number of para-hydroxylation sites is 1. The Kier molecular flexibility index (Phi) is 6.21. The zero-order valence-electron chi connectivity index (χ0n) is 17.4. The smallest absolute Gasteiger partial charge is 0.253 e. The van der Waals surface area contributed by atoms with Crippen LogP contribution < -0.4 is 9.47 Å². The highest BCUT2D eigenvalue weighted by atomic mass is 16.5. The number of hydrogen-bond donors (Lipinski definition) is 0. The van der Waals surface area contributed by atoms with Crippen LogP contribution in [0.2, 0.25) is 0 Å². The van der Waals surface area contributed by atoms with Crippen molar-refractivity contribution in [3.63, 3.8) is 0 Å². The average molecular weight is 408 g/mol. The lowest BCUT2D eigenvalue weighted by Gasteiger charge is -2.21. The molecule has 4 rings (SSSR count). The van der Waals surface area contributed by atoms with Crippen molar-refractivity contribution in [2.75, 3.05) is 33.4 Å². The molecule has 6 nitrogen and oxygen atoms in total. The lowest BCUT2D eigenvalue weighted by Crippen LogP contribution is -2.32. The highest BCUT2D eigenvalue weighted by molar-refractivity contribution is 5.94. The molecule has 2 heterocycles. The summed E-state index contributed by atoms with van der Waals surface area (Å²) in [5.41, 5.74) is 2.59. The van der Waals surface area contributed by atoms with E-state index >= 15 is 0 Å². The van der Waals surface area contributed by atoms with Crippen LogP contribution in [0.4, 0.5) is 0 Å². The zero-order chi connectivity index (χ0) is 20.9. The number of methoxy groups -OCH3 is 1. The van der Waals surface area contributed by atoms with Crippen molar-refractivity contribution in [2.24, 2.45) is 0 Å². The Morgan fingerprint density at radius 1 is 1.03 bits per heavy atom. The van der Waals surface area contributed by atoms with Gasteiger partial charge in [-0.3, -0.25) is 9.59 Å². The molecular formula is C24H28N2O4. The molecule has 6 heteroatoms. The molecule has 30 heavy (non-hydrogen) atoms. The molecule has 0 atom stereocenters. The number of nitrogens with zero attached hydrogens (tertiary/aromatic N) is 2. The van der Waals surface area contributed by atoms with Crippen molar-refractivity contribution in [3.8, 4) is 11.5 Å². The second-order valence-electron chi connectivity index (χ2n) is 7.80. The van der Waals surface area contributed by atoms with E-state index in [9.17, 15) is 9.59 Å². The van der Waals surface area contributed by atoms with Gasteiger partial charge >= 0.3 is 0 Å². The van der Waals surface area contributed by atoms with Gasteiger partial charge in [0.1, 0.15) is 18.1 Å². The topological polar surface area (TPSA) is 59.1 Å². The number of aryl methyl sites for hydroxylation is 1. The van der Waals surface area contributed by atoms with Crippen molar-refractivity contribution in [1.29, 1.82) is 0 Å². The lowest BCUT2D eigenvalue weighted by molar-refractivity contribution is -0.131. The minimum Gasteiger partial charge on any atom is -0.496 e. The van der Waals surface area contributed by atoms with Crippen LogP contribution in [0.5, 0.6) is 11.5 Å². The first-order chi connectivity index (χ1) is 14.7. The Labute approximate surface area is 177 Å². The molecule has 0 saturated carbocycles. The highest BCUT2D eigenvalue weighted by Gasteiger charge is 2.24. The van der Waals surface area contributed by atoms with Gasteiger partial charge in [0.15, 0.2) is 0 Å². The molecule has 0 bridgehead atoms. The Bertz CT molecular complexity index is 921. The molecule has 0 aromatic heterocycles. The standard InChI is InChI=1S/C24H28N2O4/c1-29-21-7-3-2-6-18(21)9-11-23(27)26-14-15-30-22-10-8-19(16-20(22)17-26)24(28)25-12-4-5-13-25/h2-3,6-8,10,16H,4-5,9,11-15,17H2,1H3. The van der Waals surface area contributed by atoms with Crippen LogP contribution in [0.15, 0.2) is 42.5 Å². The van der Waals surface area contributed by atoms with Crippen LogP contribution in [0.1, 0.15) is 40.7 Å². The minimum atomic E-state index is 0.0635. The number of likely N-dealkylation sites (tertiary alicyclic amines) is 1. The summed E-state index contributed by atoms with van der Waals surface area (Å²) in [7, 11) is 1.64. The first-order valence-corrected chi connectivity index (χ1v) is 10.6. The number of ether oxygens (including phenoxy) is 2. The normalized spacial score (nSPS) is 15.9. The van der Waals surface area contributed by atoms with Gasteiger partial charge < -0.3 is 19.3 Å². The summed E-state index contributed by atoms with van der Waals surface area (Å²) < 4.78 is 11.2. The number of benzene rings is 2. The second kappa shape index (κ2) is 9.20. The molecule has 2 aromatic carbocycles. The number of amides is 2. The summed E-state index contributed by atoms with van der Waals surface area (Å²) in [6.07, 6.45) is 3.16. The predicted molar refractivity (Wildman–Crippen MR) is 114 cm³/mol. The van der Waals surface area contributed by atoms with E-state index in [-0.39, 0.29) is 11.8 Å². The van der Waals surface area contributed by atoms with Crippen molar-refractivity contribution in [3.05, 3.63) is 59.2 Å². The fourth-order valence-electron chi connectivity index (χ4n) is 4.15. The molecule has 2 aliphatic heterocycles. The van der Waals surface area contributed by atoms with E-state index in [1.54, 1.807) is 7.11 Å². The van der Waals surface area contributed by atoms with Gasteiger partial charge in [0.2, 0.25) is 5.91 Å². The quantitative estimate of drug-likeness (QED) is 0.762. The predicted octanol–water partition coefficient (Wildman–Crippen LogP) is 3.29. The Balaban J connectivity index is 1.44. The number of hydrogen-bond acceptors (Lipinski definition) is 4. The van der Waals surface area contributed by atoms with Gasteiger partial charge in [0, 0.05) is 37.2 Å². The molecule has 0 radical (unpaired) electrons. The second-order valence-corrected chi connectivity index (χ2v) is 7.80. The van der Waals surface area contributed by atoms with Gasteiger partial charge in [-0.1, -0.05) is 18.2 Å². The van der Waals surface area contributed by atoms with E-state index in [2.05, 4.69) is 0 Å². The fraction of sp³-hybridized carbons (Fsp3) is 0.417. The van der Waals surface area contributed by atoms with Crippen molar-refractivity contribution in [2.45, 2.75) is 32.2 Å². The molecule has 0 N–H and O–H groups in total. The van der Waals surface area contributed by atoms with Crippen molar-refractivity contribution >= 4 is 11.8 Å². The Morgan fingerprint density at radius 3 is 2.63 bits per heavy atom. The minimum absolute atomic E-state index is 0.0635. The summed E-state index contributed by atoms with van der Waals surface area (Å²) in [5.74, 6) is 1.70. The summed E-state index contributed by atoms with van der Waals surface area (Å²) in [5, 5.41) is 0. The third-order valence-electron chi connectivity index (χ3n) is 5.83. The number of rotatable bonds is 5. The van der Waals surface area contributed by atoms with Crippen LogP contribution in [-0.4, -0.2) is 55.0 Å². The van der Waals surface area contributed by atoms with Gasteiger partial charge in [-0.25, -0.2) is 0 Å². The van der Waals surface area contributed by atoms with Crippen molar-refractivity contribution in [1.82, 2.24) is 9.80 Å². The molecule has 1 saturated heterocycles. The summed E-state index contributed by atoms with van der Waals surface area (Å²) in [6, 6.07) is 13.4. The third-order valence-corrected chi connectivity index (χ3v) is 5.83. The molecule has 1 fully saturated rings. The van der Waals surface area contributed by atoms with E-state index in [1.807, 2.05) is 52.3 Å². The molecule has 0 aliphatic carbocycles. The lowest BCUT2D eigenvalue weighted by atomic mass is 10.1. The average Bonchev–Trinajstić information content (AvgIpc) is 3.23. The van der Waals surface area contributed by atoms with Gasteiger partial charge in [-0.15, -0.1) is 0 Å². The molecule has 2 aromatic rings. The molecule has 0 unspecified atom stereocenters. The summed E-state index contributed by atoms with van der Waals surface area (Å²) >= 11 is 0. The summed E-state index contributed by atoms with van der Waals surface area (Å²) in [6.45, 7) is 3.09. The first-order valence-electron chi connectivity index (χ1n) is 10.6. The maximum absolute atomic E-state index is 12.9. The van der Waals surface area contributed by atoms with E-state index < -0.39 is 0 Å². The largest absolute Gasteiger partial charge is 0.496 e. The maximum Gasteiger partial charge on any atom is 0.253 e. The van der Waals surface area contributed by atoms with E-state index in [0.717, 1.165) is 48.6 Å². The molecule has 2 aliphatic rings. The van der Waals surface area contributed by atoms with Gasteiger partial charge in [0.25, 0.3) is 5.91 Å². The maximum atomic E-state index is 12.9. The van der Waals surface area contributed by atoms with Gasteiger partial charge in [-0.05, 0) is 49.1 Å². The Morgan fingerprint density at radius 2 is 1.83 bits per heavy atom. The number of fused-ring (bicyclic) bond motifs is 1. The van der Waals surface area contributed by atoms with E-state index in [4.69, 9.17) is 9.47 Å². The fourth-order valence-corrected chi connectivity index (χ4v) is 4.15. The van der Waals surface area contributed by atoms with Crippen LogP contribution in [0.3, 0.4) is 0 Å². The van der Waals surface area contributed by atoms with E-state index in [1.165, 1.54) is 0 Å². The first kappa shape index (κ1) is 20.3. The monoisotopic (exact) mass is 408 g/mol. The molecule has 2 amide bonds. The van der Waals surface area contributed by atoms with Crippen LogP contribution in [-0.2, 0) is 17.8 Å². The molecular weight excluding hydrogens is 380 g/mol. The highest BCUT2D eigenvalue weighted by Crippen LogP contribution is 2.26. The number of carbonyl (C=O) groups is 2. The zero-order valence-corrected chi connectivity index (χ0v) is 17.4. The van der Waals surface area contributed by atoms with Gasteiger partial charge in [0.05, 0.1) is 13.7 Å². The Hall–Kier alpha value is -3.02. The third kappa shape index (κ3) is 4.42. The van der Waals surface area contributed by atoms with Crippen LogP contribution in [0, 0.1) is 0 Å². The van der Waals surface area contributed by atoms with Crippen LogP contribution in [0.25, 0.3) is 0 Å².